The Kier molecular flexibility index (Phi) is 3.39. The minimum atomic E-state index is -3.59. The number of benzene rings is 1. The van der Waals surface area contributed by atoms with Crippen LogP contribution in [0.3, 0.4) is 0 Å². The molecule has 2 rings (SSSR count). The Balaban J connectivity index is 2.17. The van der Waals surface area contributed by atoms with Crippen molar-refractivity contribution in [2.24, 2.45) is 0 Å². The molecular weight excluding hydrogens is 252 g/mol. The Bertz CT molecular complexity index is 568. The summed E-state index contributed by atoms with van der Waals surface area (Å²) in [6, 6.07) is 8.19. The summed E-state index contributed by atoms with van der Waals surface area (Å²) in [6.07, 6.45) is 1.58. The van der Waals surface area contributed by atoms with E-state index in [-0.39, 0.29) is 17.9 Å². The predicted molar refractivity (Wildman–Crippen MR) is 65.1 cm³/mol. The number of rotatable bonds is 5. The van der Waals surface area contributed by atoms with Gasteiger partial charge in [-0.3, -0.25) is 0 Å². The first-order valence-electron chi connectivity index (χ1n) is 5.62. The van der Waals surface area contributed by atoms with Crippen molar-refractivity contribution in [1.29, 1.82) is 5.26 Å². The van der Waals surface area contributed by atoms with E-state index in [2.05, 4.69) is 4.72 Å². The van der Waals surface area contributed by atoms with Crippen LogP contribution in [0.5, 0.6) is 0 Å². The first kappa shape index (κ1) is 13.0. The lowest BCUT2D eigenvalue weighted by atomic mass is 10.2. The van der Waals surface area contributed by atoms with Crippen LogP contribution in [0.25, 0.3) is 0 Å². The van der Waals surface area contributed by atoms with Gasteiger partial charge in [0, 0.05) is 0 Å². The molecular formula is C12H14N2O3S. The fourth-order valence-electron chi connectivity index (χ4n) is 1.67. The highest BCUT2D eigenvalue weighted by atomic mass is 32.2. The number of nitrogens with zero attached hydrogens (tertiary/aromatic N) is 1. The minimum Gasteiger partial charge on any atom is -0.394 e. The molecule has 0 aromatic heterocycles. The molecule has 0 amide bonds. The van der Waals surface area contributed by atoms with Gasteiger partial charge in [-0.05, 0) is 30.5 Å². The molecule has 18 heavy (non-hydrogen) atoms. The van der Waals surface area contributed by atoms with E-state index in [1.54, 1.807) is 12.1 Å². The van der Waals surface area contributed by atoms with Gasteiger partial charge in [0.05, 0.1) is 29.5 Å². The van der Waals surface area contributed by atoms with E-state index in [0.717, 1.165) is 5.56 Å². The maximum Gasteiger partial charge on any atom is 0.241 e. The van der Waals surface area contributed by atoms with Gasteiger partial charge in [0.15, 0.2) is 0 Å². The average molecular weight is 266 g/mol. The van der Waals surface area contributed by atoms with Crippen LogP contribution in [0.15, 0.2) is 29.2 Å². The van der Waals surface area contributed by atoms with Crippen molar-refractivity contribution >= 4 is 10.0 Å². The summed E-state index contributed by atoms with van der Waals surface area (Å²) in [7, 11) is -3.59. The second-order valence-corrected chi connectivity index (χ2v) is 6.21. The second-order valence-electron chi connectivity index (χ2n) is 4.52. The van der Waals surface area contributed by atoms with Gasteiger partial charge in [-0.2, -0.15) is 5.26 Å². The summed E-state index contributed by atoms with van der Waals surface area (Å²) < 4.78 is 26.6. The molecule has 0 saturated heterocycles. The van der Waals surface area contributed by atoms with E-state index in [9.17, 15) is 8.42 Å². The van der Waals surface area contributed by atoms with Crippen molar-refractivity contribution in [2.45, 2.75) is 29.7 Å². The van der Waals surface area contributed by atoms with Gasteiger partial charge < -0.3 is 5.11 Å². The molecule has 6 heteroatoms. The summed E-state index contributed by atoms with van der Waals surface area (Å²) in [5, 5.41) is 17.7. The maximum atomic E-state index is 12.0. The first-order chi connectivity index (χ1) is 8.51. The van der Waals surface area contributed by atoms with Gasteiger partial charge >= 0.3 is 0 Å². The molecule has 0 atom stereocenters. The number of nitriles is 1. The maximum absolute atomic E-state index is 12.0. The van der Waals surface area contributed by atoms with E-state index in [1.165, 1.54) is 12.1 Å². The normalized spacial score (nSPS) is 17.1. The zero-order valence-corrected chi connectivity index (χ0v) is 10.6. The van der Waals surface area contributed by atoms with E-state index in [1.807, 2.05) is 6.07 Å². The molecule has 1 aliphatic rings. The third-order valence-corrected chi connectivity index (χ3v) is 4.62. The van der Waals surface area contributed by atoms with Crippen LogP contribution >= 0.6 is 0 Å². The Hall–Kier alpha value is -1.42. The standard InChI is InChI=1S/C12H14N2O3S/c13-8-5-10-1-3-11(4-2-10)18(16,17)14-12(9-15)6-7-12/h1-4,14-15H,5-7,9H2. The van der Waals surface area contributed by atoms with Gasteiger partial charge in [-0.1, -0.05) is 12.1 Å². The minimum absolute atomic E-state index is 0.156. The molecule has 2 N–H and O–H groups in total. The Morgan fingerprint density at radius 3 is 2.39 bits per heavy atom. The Labute approximate surface area is 106 Å². The highest BCUT2D eigenvalue weighted by Gasteiger charge is 2.45. The smallest absolute Gasteiger partial charge is 0.241 e. The molecule has 0 radical (unpaired) electrons. The fourth-order valence-corrected chi connectivity index (χ4v) is 3.12. The van der Waals surface area contributed by atoms with Gasteiger partial charge in [0.2, 0.25) is 10.0 Å². The molecule has 1 aliphatic carbocycles. The fraction of sp³-hybridized carbons (Fsp3) is 0.417. The molecule has 1 aromatic rings. The summed E-state index contributed by atoms with van der Waals surface area (Å²) in [4.78, 5) is 0.156. The van der Waals surface area contributed by atoms with Crippen molar-refractivity contribution in [2.75, 3.05) is 6.61 Å². The van der Waals surface area contributed by atoms with Crippen molar-refractivity contribution in [1.82, 2.24) is 4.72 Å². The Morgan fingerprint density at radius 1 is 1.33 bits per heavy atom. The summed E-state index contributed by atoms with van der Waals surface area (Å²) in [6.45, 7) is -0.182. The number of hydrogen-bond acceptors (Lipinski definition) is 4. The van der Waals surface area contributed by atoms with Gasteiger partial charge in [-0.25, -0.2) is 13.1 Å². The summed E-state index contributed by atoms with van der Waals surface area (Å²) in [5.41, 5.74) is 0.115. The van der Waals surface area contributed by atoms with Crippen LogP contribution in [0.4, 0.5) is 0 Å². The van der Waals surface area contributed by atoms with Crippen LogP contribution < -0.4 is 4.72 Å². The number of aliphatic hydroxyl groups excluding tert-OH is 1. The lowest BCUT2D eigenvalue weighted by molar-refractivity contribution is 0.246. The molecule has 1 saturated carbocycles. The zero-order valence-electron chi connectivity index (χ0n) is 9.76. The monoisotopic (exact) mass is 266 g/mol. The lowest BCUT2D eigenvalue weighted by Crippen LogP contribution is -2.39. The largest absolute Gasteiger partial charge is 0.394 e. The molecule has 1 fully saturated rings. The van der Waals surface area contributed by atoms with Crippen molar-refractivity contribution < 1.29 is 13.5 Å². The average Bonchev–Trinajstić information content (AvgIpc) is 3.10. The van der Waals surface area contributed by atoms with Gasteiger partial charge in [0.1, 0.15) is 0 Å². The van der Waals surface area contributed by atoms with Crippen LogP contribution in [-0.2, 0) is 16.4 Å². The third-order valence-electron chi connectivity index (χ3n) is 3.02. The third kappa shape index (κ3) is 2.70. The van der Waals surface area contributed by atoms with Crippen LogP contribution in [0.1, 0.15) is 18.4 Å². The summed E-state index contributed by atoms with van der Waals surface area (Å²) in [5.74, 6) is 0. The van der Waals surface area contributed by atoms with E-state index < -0.39 is 15.6 Å². The number of aliphatic hydroxyl groups is 1. The molecule has 0 heterocycles. The topological polar surface area (TPSA) is 90.2 Å². The molecule has 0 aliphatic heterocycles. The van der Waals surface area contributed by atoms with Crippen LogP contribution in [0, 0.1) is 11.3 Å². The first-order valence-corrected chi connectivity index (χ1v) is 7.10. The second kappa shape index (κ2) is 4.69. The number of sulfonamides is 1. The molecule has 0 bridgehead atoms. The molecule has 5 nitrogen and oxygen atoms in total. The molecule has 96 valence electrons. The van der Waals surface area contributed by atoms with Crippen LogP contribution in [0.2, 0.25) is 0 Å². The van der Waals surface area contributed by atoms with Gasteiger partial charge in [0.25, 0.3) is 0 Å². The van der Waals surface area contributed by atoms with Crippen molar-refractivity contribution in [3.05, 3.63) is 29.8 Å². The summed E-state index contributed by atoms with van der Waals surface area (Å²) >= 11 is 0. The lowest BCUT2D eigenvalue weighted by Gasteiger charge is -2.14. The molecule has 1 aromatic carbocycles. The van der Waals surface area contributed by atoms with Crippen molar-refractivity contribution in [3.63, 3.8) is 0 Å². The van der Waals surface area contributed by atoms with Gasteiger partial charge in [-0.15, -0.1) is 0 Å². The zero-order chi connectivity index (χ0) is 13.2. The SMILES string of the molecule is N#CCc1ccc(S(=O)(=O)NC2(CO)CC2)cc1. The van der Waals surface area contributed by atoms with E-state index in [0.29, 0.717) is 12.8 Å². The number of nitrogens with one attached hydrogen (secondary N) is 1. The van der Waals surface area contributed by atoms with E-state index >= 15 is 0 Å². The van der Waals surface area contributed by atoms with E-state index in [4.69, 9.17) is 10.4 Å². The van der Waals surface area contributed by atoms with Crippen molar-refractivity contribution in [3.8, 4) is 6.07 Å². The quantitative estimate of drug-likeness (QED) is 0.814. The number of hydrogen-bond donors (Lipinski definition) is 2. The Morgan fingerprint density at radius 2 is 1.94 bits per heavy atom. The highest BCUT2D eigenvalue weighted by Crippen LogP contribution is 2.36. The predicted octanol–water partition coefficient (Wildman–Crippen LogP) is 0.556. The molecule has 0 spiro atoms. The highest BCUT2D eigenvalue weighted by molar-refractivity contribution is 7.89. The van der Waals surface area contributed by atoms with Crippen LogP contribution in [-0.4, -0.2) is 25.7 Å². The molecule has 0 unspecified atom stereocenters.